The highest BCUT2D eigenvalue weighted by atomic mass is 16.2. The summed E-state index contributed by atoms with van der Waals surface area (Å²) in [5.74, 6) is 0.485. The van der Waals surface area contributed by atoms with Crippen LogP contribution in [0.5, 0.6) is 0 Å². The van der Waals surface area contributed by atoms with Crippen LogP contribution in [-0.2, 0) is 19.9 Å². The van der Waals surface area contributed by atoms with E-state index in [0.29, 0.717) is 24.6 Å². The van der Waals surface area contributed by atoms with Crippen molar-refractivity contribution in [1.82, 2.24) is 29.0 Å². The molecule has 1 aliphatic rings. The third-order valence-corrected chi connectivity index (χ3v) is 5.27. The molecule has 7 nitrogen and oxygen atoms in total. The molecular formula is C21H20N6O. The predicted molar refractivity (Wildman–Crippen MR) is 105 cm³/mol. The van der Waals surface area contributed by atoms with Crippen LogP contribution >= 0.6 is 0 Å². The van der Waals surface area contributed by atoms with E-state index in [2.05, 4.69) is 22.1 Å². The first kappa shape index (κ1) is 16.7. The number of carbonyl (C=O) groups excluding carboxylic acids is 1. The first-order valence-electron chi connectivity index (χ1n) is 9.40. The van der Waals surface area contributed by atoms with E-state index in [1.165, 1.54) is 5.56 Å². The molecule has 0 unspecified atom stereocenters. The first-order valence-corrected chi connectivity index (χ1v) is 9.40. The topological polar surface area (TPSA) is 68.3 Å². The lowest BCUT2D eigenvalue weighted by Gasteiger charge is -2.19. The predicted octanol–water partition coefficient (Wildman–Crippen LogP) is 2.37. The van der Waals surface area contributed by atoms with Crippen LogP contribution < -0.4 is 0 Å². The van der Waals surface area contributed by atoms with Gasteiger partial charge in [0, 0.05) is 56.3 Å². The second kappa shape index (κ2) is 6.60. The maximum atomic E-state index is 13.0. The molecule has 1 aliphatic heterocycles. The monoisotopic (exact) mass is 372 g/mol. The van der Waals surface area contributed by atoms with Gasteiger partial charge in [-0.25, -0.2) is 9.97 Å². The highest BCUT2D eigenvalue weighted by Gasteiger charge is 2.26. The first-order chi connectivity index (χ1) is 13.7. The second-order valence-corrected chi connectivity index (χ2v) is 7.01. The van der Waals surface area contributed by atoms with Gasteiger partial charge in [-0.15, -0.1) is 0 Å². The lowest BCUT2D eigenvalue weighted by molar-refractivity contribution is 0.0757. The number of nitrogens with zero attached hydrogens (tertiary/aromatic N) is 6. The molecule has 1 amide bonds. The van der Waals surface area contributed by atoms with Gasteiger partial charge in [-0.2, -0.15) is 5.10 Å². The Kier molecular flexibility index (Phi) is 3.93. The van der Waals surface area contributed by atoms with Gasteiger partial charge in [-0.05, 0) is 12.5 Å². The fraction of sp³-hybridized carbons (Fsp3) is 0.238. The van der Waals surface area contributed by atoms with Crippen molar-refractivity contribution < 1.29 is 4.79 Å². The zero-order valence-electron chi connectivity index (χ0n) is 15.6. The second-order valence-electron chi connectivity index (χ2n) is 7.01. The van der Waals surface area contributed by atoms with Crippen LogP contribution in [0, 0.1) is 0 Å². The molecule has 0 N–H and O–H groups in total. The summed E-state index contributed by atoms with van der Waals surface area (Å²) < 4.78 is 3.74. The van der Waals surface area contributed by atoms with E-state index in [0.717, 1.165) is 29.8 Å². The van der Waals surface area contributed by atoms with Crippen LogP contribution in [0.15, 0.2) is 55.0 Å². The van der Waals surface area contributed by atoms with Gasteiger partial charge >= 0.3 is 0 Å². The lowest BCUT2D eigenvalue weighted by atomic mass is 10.0. The van der Waals surface area contributed by atoms with Crippen molar-refractivity contribution in [1.29, 1.82) is 0 Å². The summed E-state index contributed by atoms with van der Waals surface area (Å²) in [5.41, 5.74) is 5.04. The van der Waals surface area contributed by atoms with Crippen molar-refractivity contribution in [2.24, 2.45) is 7.05 Å². The molecule has 4 aromatic rings. The van der Waals surface area contributed by atoms with E-state index >= 15 is 0 Å². The average Bonchev–Trinajstić information content (AvgIpc) is 3.23. The van der Waals surface area contributed by atoms with E-state index in [9.17, 15) is 4.79 Å². The molecule has 0 saturated carbocycles. The molecule has 7 heteroatoms. The number of imidazole rings is 1. The van der Waals surface area contributed by atoms with Crippen LogP contribution in [0.3, 0.4) is 0 Å². The third kappa shape index (κ3) is 2.76. The summed E-state index contributed by atoms with van der Waals surface area (Å²) in [6, 6.07) is 12.1. The van der Waals surface area contributed by atoms with Gasteiger partial charge in [0.2, 0.25) is 5.78 Å². The average molecular weight is 372 g/mol. The van der Waals surface area contributed by atoms with Gasteiger partial charge in [0.15, 0.2) is 0 Å². The van der Waals surface area contributed by atoms with Gasteiger partial charge in [0.1, 0.15) is 5.69 Å². The Morgan fingerprint density at radius 2 is 1.89 bits per heavy atom. The van der Waals surface area contributed by atoms with Gasteiger partial charge in [0.05, 0.1) is 11.4 Å². The largest absolute Gasteiger partial charge is 0.337 e. The van der Waals surface area contributed by atoms with Crippen LogP contribution in [0.1, 0.15) is 21.7 Å². The fourth-order valence-electron chi connectivity index (χ4n) is 3.94. The van der Waals surface area contributed by atoms with Crippen molar-refractivity contribution in [3.8, 4) is 11.3 Å². The molecule has 0 spiro atoms. The maximum Gasteiger partial charge on any atom is 0.274 e. The number of amides is 1. The quantitative estimate of drug-likeness (QED) is 0.542. The molecule has 3 aromatic heterocycles. The van der Waals surface area contributed by atoms with E-state index in [1.54, 1.807) is 16.8 Å². The Bertz CT molecular complexity index is 1130. The molecule has 0 bridgehead atoms. The molecule has 0 atom stereocenters. The van der Waals surface area contributed by atoms with Gasteiger partial charge < -0.3 is 4.90 Å². The van der Waals surface area contributed by atoms with Gasteiger partial charge in [-0.1, -0.05) is 30.3 Å². The summed E-state index contributed by atoms with van der Waals surface area (Å²) >= 11 is 0. The number of hydrogen-bond acceptors (Lipinski definition) is 4. The van der Waals surface area contributed by atoms with E-state index in [1.807, 2.05) is 47.1 Å². The Labute approximate surface area is 162 Å². The highest BCUT2D eigenvalue weighted by molar-refractivity contribution is 5.92. The molecule has 0 aliphatic carbocycles. The SMILES string of the molecule is Cn1nc2c(c1-c1ccccc1)CCN(C(=O)c1cn3cccnc3n1)CC2. The Balaban J connectivity index is 1.42. The molecule has 5 rings (SSSR count). The normalized spacial score (nSPS) is 14.1. The third-order valence-electron chi connectivity index (χ3n) is 5.27. The molecule has 1 aromatic carbocycles. The number of carbonyl (C=O) groups is 1. The molecule has 0 saturated heterocycles. The van der Waals surface area contributed by atoms with Crippen LogP contribution in [0.2, 0.25) is 0 Å². The van der Waals surface area contributed by atoms with Crippen molar-refractivity contribution >= 4 is 11.7 Å². The Hall–Kier alpha value is -3.48. The van der Waals surface area contributed by atoms with Crippen molar-refractivity contribution in [2.45, 2.75) is 12.8 Å². The smallest absolute Gasteiger partial charge is 0.274 e. The molecule has 0 radical (unpaired) electrons. The number of rotatable bonds is 2. The highest BCUT2D eigenvalue weighted by Crippen LogP contribution is 2.28. The Morgan fingerprint density at radius 1 is 1.07 bits per heavy atom. The number of aromatic nitrogens is 5. The molecule has 0 fully saturated rings. The minimum atomic E-state index is -0.0544. The molecule has 28 heavy (non-hydrogen) atoms. The lowest BCUT2D eigenvalue weighted by Crippen LogP contribution is -2.33. The number of fused-ring (bicyclic) bond motifs is 2. The minimum absolute atomic E-state index is 0.0544. The van der Waals surface area contributed by atoms with Crippen LogP contribution in [0.25, 0.3) is 17.0 Å². The Morgan fingerprint density at radius 3 is 2.71 bits per heavy atom. The zero-order chi connectivity index (χ0) is 19.1. The molecular weight excluding hydrogens is 352 g/mol. The van der Waals surface area contributed by atoms with Crippen molar-refractivity contribution in [2.75, 3.05) is 13.1 Å². The fourth-order valence-corrected chi connectivity index (χ4v) is 3.94. The maximum absolute atomic E-state index is 13.0. The zero-order valence-corrected chi connectivity index (χ0v) is 15.6. The summed E-state index contributed by atoms with van der Waals surface area (Å²) in [5, 5.41) is 4.74. The summed E-state index contributed by atoms with van der Waals surface area (Å²) in [7, 11) is 1.99. The number of hydrogen-bond donors (Lipinski definition) is 0. The van der Waals surface area contributed by atoms with E-state index < -0.39 is 0 Å². The number of benzene rings is 1. The van der Waals surface area contributed by atoms with E-state index in [-0.39, 0.29) is 5.91 Å². The standard InChI is InChI=1S/C21H20N6O/c1-25-19(15-6-3-2-4-7-15)16-8-12-26(13-9-17(16)24-25)20(28)18-14-27-11-5-10-22-21(27)23-18/h2-7,10-11,14H,8-9,12-13H2,1H3. The van der Waals surface area contributed by atoms with Gasteiger partial charge in [0.25, 0.3) is 5.91 Å². The number of aryl methyl sites for hydroxylation is 1. The summed E-state index contributed by atoms with van der Waals surface area (Å²) in [4.78, 5) is 23.5. The summed E-state index contributed by atoms with van der Waals surface area (Å²) in [6.07, 6.45) is 6.80. The van der Waals surface area contributed by atoms with Gasteiger partial charge in [-0.3, -0.25) is 13.9 Å². The van der Waals surface area contributed by atoms with E-state index in [4.69, 9.17) is 5.10 Å². The minimum Gasteiger partial charge on any atom is -0.337 e. The molecule has 140 valence electrons. The molecule has 4 heterocycles. The van der Waals surface area contributed by atoms with Crippen LogP contribution in [0.4, 0.5) is 0 Å². The van der Waals surface area contributed by atoms with Crippen molar-refractivity contribution in [3.05, 3.63) is 71.9 Å². The van der Waals surface area contributed by atoms with Crippen LogP contribution in [-0.4, -0.2) is 48.0 Å². The van der Waals surface area contributed by atoms with Crippen molar-refractivity contribution in [3.63, 3.8) is 0 Å². The summed E-state index contributed by atoms with van der Waals surface area (Å²) in [6.45, 7) is 1.29.